The summed E-state index contributed by atoms with van der Waals surface area (Å²) in [5.74, 6) is -0.405. The van der Waals surface area contributed by atoms with Crippen LogP contribution in [0.5, 0.6) is 0 Å². The van der Waals surface area contributed by atoms with Crippen molar-refractivity contribution >= 4 is 15.4 Å². The van der Waals surface area contributed by atoms with E-state index in [4.69, 9.17) is 5.11 Å². The summed E-state index contributed by atoms with van der Waals surface area (Å²) in [4.78, 5) is 15.2. The van der Waals surface area contributed by atoms with Gasteiger partial charge in [0.05, 0.1) is 12.0 Å². The molecule has 1 aromatic rings. The van der Waals surface area contributed by atoms with Crippen molar-refractivity contribution in [3.05, 3.63) is 18.2 Å². The fourth-order valence-electron chi connectivity index (χ4n) is 1.51. The lowest BCUT2D eigenvalue weighted by molar-refractivity contribution is -0.138. The Kier molecular flexibility index (Phi) is 4.88. The molecule has 0 aliphatic heterocycles. The van der Waals surface area contributed by atoms with Crippen LogP contribution in [-0.4, -0.2) is 26.7 Å². The zero-order valence-electron chi connectivity index (χ0n) is 11.3. The van der Waals surface area contributed by atoms with E-state index >= 15 is 0 Å². The molecule has 0 spiro atoms. The molecule has 1 aromatic heterocycles. The van der Waals surface area contributed by atoms with Crippen LogP contribution in [-0.2, 0) is 16.8 Å². The number of hydrogen-bond acceptors (Lipinski definition) is 3. The van der Waals surface area contributed by atoms with E-state index in [0.717, 1.165) is 5.69 Å². The van der Waals surface area contributed by atoms with Crippen LogP contribution in [0.4, 0.5) is 0 Å². The van der Waals surface area contributed by atoms with E-state index in [0.29, 0.717) is 12.3 Å². The van der Waals surface area contributed by atoms with E-state index in [1.807, 2.05) is 6.20 Å². The van der Waals surface area contributed by atoms with Gasteiger partial charge in [0.1, 0.15) is 6.04 Å². The van der Waals surface area contributed by atoms with Gasteiger partial charge in [0.15, 0.2) is 0 Å². The lowest BCUT2D eigenvalue weighted by atomic mass is 9.90. The Morgan fingerprint density at radius 1 is 1.61 bits per heavy atom. The fraction of sp³-hybridized carbons (Fsp3) is 0.667. The summed E-state index contributed by atoms with van der Waals surface area (Å²) < 4.78 is 2.05. The second-order valence-corrected chi connectivity index (χ2v) is 5.68. The van der Waals surface area contributed by atoms with Crippen LogP contribution in [0.1, 0.15) is 33.4 Å². The van der Waals surface area contributed by atoms with Crippen LogP contribution in [0.2, 0.25) is 0 Å². The molecule has 0 aliphatic rings. The Hall–Kier alpha value is -0.930. The normalized spacial score (nSPS) is 13.9. The number of carboxylic acid groups (broad SMARTS) is 1. The highest BCUT2D eigenvalue weighted by molar-refractivity contribution is 7.13. The number of carbonyl (C=O) groups is 1. The highest BCUT2D eigenvalue weighted by Crippen LogP contribution is 2.25. The molecule has 102 valence electrons. The predicted octanol–water partition coefficient (Wildman–Crippen LogP) is 1.65. The summed E-state index contributed by atoms with van der Waals surface area (Å²) in [6, 6.07) is -0.625. The predicted molar refractivity (Wildman–Crippen MR) is 74.4 cm³/mol. The van der Waals surface area contributed by atoms with Gasteiger partial charge in [-0.25, -0.2) is 4.98 Å². The summed E-state index contributed by atoms with van der Waals surface area (Å²) in [7, 11) is 2.24. The maximum absolute atomic E-state index is 10.9. The maximum Gasteiger partial charge on any atom is 0.321 e. The number of hydrogen-bond donors (Lipinski definition) is 2. The van der Waals surface area contributed by atoms with Crippen LogP contribution < -0.4 is 5.09 Å². The van der Waals surface area contributed by atoms with Crippen molar-refractivity contribution in [3.63, 3.8) is 0 Å². The van der Waals surface area contributed by atoms with Gasteiger partial charge >= 0.3 is 5.97 Å². The molecule has 0 saturated heterocycles. The number of aliphatic carboxylic acids is 1. The third-order valence-electron chi connectivity index (χ3n) is 3.63. The van der Waals surface area contributed by atoms with E-state index < -0.39 is 12.0 Å². The third kappa shape index (κ3) is 3.30. The molecule has 6 heteroatoms. The first-order chi connectivity index (χ1) is 8.28. The topological polar surface area (TPSA) is 67.2 Å². The molecule has 0 aliphatic carbocycles. The third-order valence-corrected chi connectivity index (χ3v) is 4.03. The Balaban J connectivity index is 2.84. The second kappa shape index (κ2) is 5.81. The molecule has 0 radical (unpaired) electrons. The molecule has 18 heavy (non-hydrogen) atoms. The SMILES string of the molecule is CC(C)C(C)(C)n1cnc(CC(NP)C(=O)O)c1. The molecular formula is C12H22N3O2P. The molecule has 5 nitrogen and oxygen atoms in total. The average Bonchev–Trinajstić information content (AvgIpc) is 2.74. The number of imidazole rings is 1. The van der Waals surface area contributed by atoms with Crippen molar-refractivity contribution in [1.82, 2.24) is 14.6 Å². The fourth-order valence-corrected chi connectivity index (χ4v) is 1.77. The van der Waals surface area contributed by atoms with Crippen LogP contribution in [0.25, 0.3) is 0 Å². The lowest BCUT2D eigenvalue weighted by Gasteiger charge is -2.30. The largest absolute Gasteiger partial charge is 0.480 e. The maximum atomic E-state index is 10.9. The first kappa shape index (κ1) is 15.1. The number of carboxylic acids is 1. The van der Waals surface area contributed by atoms with Gasteiger partial charge in [-0.15, -0.1) is 0 Å². The molecular weight excluding hydrogens is 249 g/mol. The Morgan fingerprint density at radius 2 is 2.22 bits per heavy atom. The molecule has 0 amide bonds. The van der Waals surface area contributed by atoms with Crippen LogP contribution in [0.3, 0.4) is 0 Å². The summed E-state index contributed by atoms with van der Waals surface area (Å²) in [5.41, 5.74) is 0.754. The molecule has 2 unspecified atom stereocenters. The van der Waals surface area contributed by atoms with Gasteiger partial charge in [-0.1, -0.05) is 23.2 Å². The first-order valence-electron chi connectivity index (χ1n) is 6.01. The average molecular weight is 271 g/mol. The molecule has 2 N–H and O–H groups in total. The van der Waals surface area contributed by atoms with Crippen molar-refractivity contribution in [2.24, 2.45) is 5.92 Å². The van der Waals surface area contributed by atoms with Gasteiger partial charge in [-0.05, 0) is 19.8 Å². The van der Waals surface area contributed by atoms with Gasteiger partial charge in [-0.3, -0.25) is 9.88 Å². The molecule has 0 fully saturated rings. The van der Waals surface area contributed by atoms with E-state index in [-0.39, 0.29) is 5.54 Å². The van der Waals surface area contributed by atoms with E-state index in [2.05, 4.69) is 51.7 Å². The van der Waals surface area contributed by atoms with Gasteiger partial charge in [0, 0.05) is 18.2 Å². The molecule has 1 rings (SSSR count). The number of nitrogens with zero attached hydrogens (tertiary/aromatic N) is 2. The minimum Gasteiger partial charge on any atom is -0.480 e. The van der Waals surface area contributed by atoms with Gasteiger partial charge in [-0.2, -0.15) is 0 Å². The molecule has 0 saturated carbocycles. The van der Waals surface area contributed by atoms with Crippen LogP contribution in [0.15, 0.2) is 12.5 Å². The molecule has 2 atom stereocenters. The zero-order valence-corrected chi connectivity index (χ0v) is 12.5. The summed E-state index contributed by atoms with van der Waals surface area (Å²) in [5, 5.41) is 11.7. The zero-order chi connectivity index (χ0) is 13.9. The number of rotatable bonds is 6. The van der Waals surface area contributed by atoms with Crippen LogP contribution >= 0.6 is 9.39 Å². The lowest BCUT2D eigenvalue weighted by Crippen LogP contribution is -2.33. The monoisotopic (exact) mass is 271 g/mol. The summed E-state index contributed by atoms with van der Waals surface area (Å²) >= 11 is 0. The van der Waals surface area contributed by atoms with Gasteiger partial charge in [0.25, 0.3) is 0 Å². The molecule has 1 heterocycles. The minimum absolute atomic E-state index is 0.0294. The van der Waals surface area contributed by atoms with Gasteiger partial charge in [0.2, 0.25) is 0 Å². The highest BCUT2D eigenvalue weighted by atomic mass is 31.0. The minimum atomic E-state index is -0.873. The van der Waals surface area contributed by atoms with E-state index in [1.165, 1.54) is 0 Å². The Bertz CT molecular complexity index is 415. The number of aromatic nitrogens is 2. The second-order valence-electron chi connectivity index (χ2n) is 5.34. The standard InChI is InChI=1S/C12H22N3O2P/c1-8(2)12(3,4)15-6-9(13-7-15)5-10(14-18)11(16)17/h6-8,10,14H,5,18H2,1-4H3,(H,16,17). The van der Waals surface area contributed by atoms with E-state index in [9.17, 15) is 4.79 Å². The quantitative estimate of drug-likeness (QED) is 0.772. The smallest absolute Gasteiger partial charge is 0.321 e. The van der Waals surface area contributed by atoms with Crippen molar-refractivity contribution < 1.29 is 9.90 Å². The Morgan fingerprint density at radius 3 is 2.67 bits per heavy atom. The highest BCUT2D eigenvalue weighted by Gasteiger charge is 2.25. The van der Waals surface area contributed by atoms with Crippen LogP contribution in [0, 0.1) is 5.92 Å². The summed E-state index contributed by atoms with van der Waals surface area (Å²) in [6.45, 7) is 8.60. The number of nitrogens with one attached hydrogen (secondary N) is 1. The molecule has 0 aromatic carbocycles. The van der Waals surface area contributed by atoms with Crippen molar-refractivity contribution in [2.75, 3.05) is 0 Å². The van der Waals surface area contributed by atoms with Crippen molar-refractivity contribution in [3.8, 4) is 0 Å². The summed E-state index contributed by atoms with van der Waals surface area (Å²) in [6.07, 6.45) is 4.08. The van der Waals surface area contributed by atoms with Gasteiger partial charge < -0.3 is 9.67 Å². The van der Waals surface area contributed by atoms with Crippen molar-refractivity contribution in [1.29, 1.82) is 0 Å². The van der Waals surface area contributed by atoms with Crippen molar-refractivity contribution in [2.45, 2.75) is 45.7 Å². The first-order valence-corrected chi connectivity index (χ1v) is 6.59. The Labute approximate surface area is 110 Å². The molecule has 0 bridgehead atoms. The van der Waals surface area contributed by atoms with E-state index in [1.54, 1.807) is 6.33 Å².